The zero-order valence-electron chi connectivity index (χ0n) is 12.7. The van der Waals surface area contributed by atoms with Gasteiger partial charge in [0.1, 0.15) is 0 Å². The van der Waals surface area contributed by atoms with Crippen molar-refractivity contribution < 1.29 is 9.53 Å². The third-order valence-electron chi connectivity index (χ3n) is 3.55. The number of hydrogen-bond acceptors (Lipinski definition) is 2. The number of carbonyl (C=O) groups excluding carboxylic acids is 1. The summed E-state index contributed by atoms with van der Waals surface area (Å²) in [4.78, 5) is 11.7. The molecule has 0 unspecified atom stereocenters. The molecule has 0 aromatic heterocycles. The van der Waals surface area contributed by atoms with E-state index in [0.717, 1.165) is 38.4 Å². The Kier molecular flexibility index (Phi) is 7.87. The summed E-state index contributed by atoms with van der Waals surface area (Å²) in [5.41, 5.74) is 0. The molecule has 0 heterocycles. The minimum atomic E-state index is -0.0246. The van der Waals surface area contributed by atoms with E-state index in [9.17, 15) is 4.79 Å². The molecule has 1 rings (SSSR count). The van der Waals surface area contributed by atoms with E-state index >= 15 is 0 Å². The van der Waals surface area contributed by atoms with Crippen molar-refractivity contribution in [3.05, 3.63) is 0 Å². The molecule has 1 saturated carbocycles. The molecule has 0 spiro atoms. The van der Waals surface area contributed by atoms with Crippen LogP contribution in [0.3, 0.4) is 0 Å². The van der Waals surface area contributed by atoms with Crippen LogP contribution in [0.15, 0.2) is 0 Å². The van der Waals surface area contributed by atoms with Crippen LogP contribution >= 0.6 is 0 Å². The number of carbonyl (C=O) groups is 1. The molecule has 1 aliphatic rings. The van der Waals surface area contributed by atoms with Crippen LogP contribution in [0.1, 0.15) is 52.9 Å². The van der Waals surface area contributed by atoms with Crippen molar-refractivity contribution in [3.8, 4) is 0 Å². The first-order valence-corrected chi connectivity index (χ1v) is 7.70. The monoisotopic (exact) mass is 270 g/mol. The van der Waals surface area contributed by atoms with Gasteiger partial charge < -0.3 is 15.4 Å². The lowest BCUT2D eigenvalue weighted by Crippen LogP contribution is -2.43. The fourth-order valence-corrected chi connectivity index (χ4v) is 2.34. The molecule has 4 heteroatoms. The maximum Gasteiger partial charge on any atom is 0.315 e. The fourth-order valence-electron chi connectivity index (χ4n) is 2.34. The normalized spacial score (nSPS) is 23.4. The Balaban J connectivity index is 1.96. The second kappa shape index (κ2) is 9.18. The van der Waals surface area contributed by atoms with Gasteiger partial charge in [0.2, 0.25) is 0 Å². The lowest BCUT2D eigenvalue weighted by atomic mass is 9.87. The van der Waals surface area contributed by atoms with E-state index in [4.69, 9.17) is 4.74 Å². The van der Waals surface area contributed by atoms with E-state index < -0.39 is 0 Å². The minimum absolute atomic E-state index is 0.0246. The molecule has 19 heavy (non-hydrogen) atoms. The van der Waals surface area contributed by atoms with Crippen LogP contribution in [0, 0.1) is 11.8 Å². The lowest BCUT2D eigenvalue weighted by Gasteiger charge is -2.26. The van der Waals surface area contributed by atoms with E-state index in [1.54, 1.807) is 0 Å². The molecular formula is C15H30N2O2. The Morgan fingerprint density at radius 3 is 2.58 bits per heavy atom. The van der Waals surface area contributed by atoms with Crippen LogP contribution in [0.4, 0.5) is 4.79 Å². The van der Waals surface area contributed by atoms with Gasteiger partial charge in [0.15, 0.2) is 0 Å². The Bertz CT molecular complexity index is 249. The third kappa shape index (κ3) is 8.09. The molecule has 2 amide bonds. The number of nitrogens with one attached hydrogen (secondary N) is 2. The maximum absolute atomic E-state index is 11.7. The van der Waals surface area contributed by atoms with Crippen molar-refractivity contribution in [2.45, 2.75) is 58.9 Å². The first-order valence-electron chi connectivity index (χ1n) is 7.70. The largest absolute Gasteiger partial charge is 0.381 e. The van der Waals surface area contributed by atoms with Gasteiger partial charge in [-0.05, 0) is 43.9 Å². The quantitative estimate of drug-likeness (QED) is 0.699. The fraction of sp³-hybridized carbons (Fsp3) is 0.933. The van der Waals surface area contributed by atoms with Crippen molar-refractivity contribution in [1.82, 2.24) is 10.6 Å². The summed E-state index contributed by atoms with van der Waals surface area (Å²) in [6, 6.07) is 0.344. The van der Waals surface area contributed by atoms with Gasteiger partial charge in [0, 0.05) is 25.8 Å². The van der Waals surface area contributed by atoms with Crippen molar-refractivity contribution in [2.24, 2.45) is 11.8 Å². The zero-order valence-corrected chi connectivity index (χ0v) is 12.7. The second-order valence-corrected chi connectivity index (χ2v) is 6.18. The summed E-state index contributed by atoms with van der Waals surface area (Å²) in [5, 5.41) is 5.96. The topological polar surface area (TPSA) is 50.4 Å². The molecule has 0 aliphatic heterocycles. The van der Waals surface area contributed by atoms with Gasteiger partial charge in [-0.25, -0.2) is 4.79 Å². The highest BCUT2D eigenvalue weighted by Gasteiger charge is 2.19. The summed E-state index contributed by atoms with van der Waals surface area (Å²) >= 11 is 0. The van der Waals surface area contributed by atoms with Gasteiger partial charge >= 0.3 is 6.03 Å². The van der Waals surface area contributed by atoms with Crippen molar-refractivity contribution in [3.63, 3.8) is 0 Å². The van der Waals surface area contributed by atoms with Crippen molar-refractivity contribution >= 4 is 6.03 Å². The average Bonchev–Trinajstić information content (AvgIpc) is 2.36. The van der Waals surface area contributed by atoms with Gasteiger partial charge in [-0.3, -0.25) is 0 Å². The molecule has 0 radical (unpaired) electrons. The van der Waals surface area contributed by atoms with Crippen molar-refractivity contribution in [1.29, 1.82) is 0 Å². The molecule has 0 saturated heterocycles. The number of ether oxygens (including phenoxy) is 1. The highest BCUT2D eigenvalue weighted by atomic mass is 16.5. The van der Waals surface area contributed by atoms with Gasteiger partial charge in [-0.1, -0.05) is 20.8 Å². The smallest absolute Gasteiger partial charge is 0.315 e. The van der Waals surface area contributed by atoms with E-state index in [0.29, 0.717) is 18.5 Å². The second-order valence-electron chi connectivity index (χ2n) is 6.18. The third-order valence-corrected chi connectivity index (χ3v) is 3.55. The van der Waals surface area contributed by atoms with E-state index in [1.807, 2.05) is 0 Å². The SMILES string of the molecule is CC(C)COCCCNC(=O)NC1CCC(C)CC1. The molecule has 4 nitrogen and oxygen atoms in total. The van der Waals surface area contributed by atoms with Crippen LogP contribution in [-0.4, -0.2) is 31.8 Å². The zero-order chi connectivity index (χ0) is 14.1. The highest BCUT2D eigenvalue weighted by Crippen LogP contribution is 2.23. The standard InChI is InChI=1S/C15H30N2O2/c1-12(2)11-19-10-4-9-16-15(18)17-14-7-5-13(3)6-8-14/h12-14H,4-11H2,1-3H3,(H2,16,17,18). The maximum atomic E-state index is 11.7. The van der Waals surface area contributed by atoms with Crippen LogP contribution in [-0.2, 0) is 4.74 Å². The van der Waals surface area contributed by atoms with Crippen LogP contribution < -0.4 is 10.6 Å². The number of hydrogen-bond donors (Lipinski definition) is 2. The lowest BCUT2D eigenvalue weighted by molar-refractivity contribution is 0.108. The van der Waals surface area contributed by atoms with Crippen LogP contribution in [0.25, 0.3) is 0 Å². The van der Waals surface area contributed by atoms with Gasteiger partial charge in [0.05, 0.1) is 0 Å². The van der Waals surface area contributed by atoms with Crippen LogP contribution in [0.5, 0.6) is 0 Å². The number of urea groups is 1. The Hall–Kier alpha value is -0.770. The first-order chi connectivity index (χ1) is 9.08. The molecule has 0 bridgehead atoms. The predicted molar refractivity (Wildman–Crippen MR) is 78.2 cm³/mol. The minimum Gasteiger partial charge on any atom is -0.381 e. The van der Waals surface area contributed by atoms with Gasteiger partial charge in [-0.15, -0.1) is 0 Å². The van der Waals surface area contributed by atoms with E-state index in [-0.39, 0.29) is 6.03 Å². The van der Waals surface area contributed by atoms with Crippen molar-refractivity contribution in [2.75, 3.05) is 19.8 Å². The highest BCUT2D eigenvalue weighted by molar-refractivity contribution is 5.74. The summed E-state index contributed by atoms with van der Waals surface area (Å²) in [6.45, 7) is 8.76. The molecule has 2 N–H and O–H groups in total. The molecule has 0 atom stereocenters. The van der Waals surface area contributed by atoms with Crippen LogP contribution in [0.2, 0.25) is 0 Å². The molecule has 112 valence electrons. The Labute approximate surface area is 117 Å². The summed E-state index contributed by atoms with van der Waals surface area (Å²) in [5.74, 6) is 1.39. The Morgan fingerprint density at radius 1 is 1.26 bits per heavy atom. The molecule has 1 fully saturated rings. The summed E-state index contributed by atoms with van der Waals surface area (Å²) in [6.07, 6.45) is 5.57. The predicted octanol–water partition coefficient (Wildman–Crippen LogP) is 2.93. The summed E-state index contributed by atoms with van der Waals surface area (Å²) in [7, 11) is 0. The van der Waals surface area contributed by atoms with Gasteiger partial charge in [-0.2, -0.15) is 0 Å². The Morgan fingerprint density at radius 2 is 1.95 bits per heavy atom. The number of rotatable bonds is 7. The van der Waals surface area contributed by atoms with E-state index in [1.165, 1.54) is 12.8 Å². The molecular weight excluding hydrogens is 240 g/mol. The molecule has 1 aliphatic carbocycles. The molecule has 0 aromatic carbocycles. The van der Waals surface area contributed by atoms with Gasteiger partial charge in [0.25, 0.3) is 0 Å². The first kappa shape index (κ1) is 16.3. The summed E-state index contributed by atoms with van der Waals surface area (Å²) < 4.78 is 5.47. The number of amides is 2. The van der Waals surface area contributed by atoms with E-state index in [2.05, 4.69) is 31.4 Å². The average molecular weight is 270 g/mol. The molecule has 0 aromatic rings.